The number of rotatable bonds is 5. The number of aryl methyl sites for hydroxylation is 1. The Morgan fingerprint density at radius 2 is 1.33 bits per heavy atom. The van der Waals surface area contributed by atoms with Gasteiger partial charge in [0, 0.05) is 18.0 Å². The highest BCUT2D eigenvalue weighted by molar-refractivity contribution is 8.00. The minimum absolute atomic E-state index is 0.0889. The lowest BCUT2D eigenvalue weighted by atomic mass is 10.1. The minimum Gasteiger partial charge on any atom is -0.309 e. The van der Waals surface area contributed by atoms with Gasteiger partial charge in [-0.15, -0.1) is 0 Å². The van der Waals surface area contributed by atoms with E-state index in [1.165, 1.54) is 23.3 Å². The molecule has 0 radical (unpaired) electrons. The molecule has 0 aliphatic carbocycles. The number of hydrogen-bond donors (Lipinski definition) is 1. The standard InChI is InChI=1S/C16H16F3NS/c1-12-2-4-13(5-3-12)10-20-11-14-6-8-15(9-7-14)21-16(17,18)19/h2-9,20H,10-11H2,1H3. The van der Waals surface area contributed by atoms with Gasteiger partial charge in [-0.3, -0.25) is 0 Å². The van der Waals surface area contributed by atoms with Crippen molar-refractivity contribution in [3.8, 4) is 0 Å². The topological polar surface area (TPSA) is 12.0 Å². The summed E-state index contributed by atoms with van der Waals surface area (Å²) in [5.74, 6) is 0. The maximum absolute atomic E-state index is 12.2. The van der Waals surface area contributed by atoms with E-state index in [2.05, 4.69) is 29.6 Å². The lowest BCUT2D eigenvalue weighted by Crippen LogP contribution is -2.12. The van der Waals surface area contributed by atoms with E-state index in [9.17, 15) is 13.2 Å². The second-order valence-electron chi connectivity index (χ2n) is 4.78. The van der Waals surface area contributed by atoms with Gasteiger partial charge in [-0.05, 0) is 41.9 Å². The highest BCUT2D eigenvalue weighted by Gasteiger charge is 2.28. The van der Waals surface area contributed by atoms with Crippen molar-refractivity contribution in [2.45, 2.75) is 30.4 Å². The molecule has 0 bridgehead atoms. The van der Waals surface area contributed by atoms with Gasteiger partial charge in [0.25, 0.3) is 0 Å². The van der Waals surface area contributed by atoms with Crippen LogP contribution >= 0.6 is 11.8 Å². The smallest absolute Gasteiger partial charge is 0.309 e. The molecule has 0 amide bonds. The van der Waals surface area contributed by atoms with Crippen molar-refractivity contribution in [1.82, 2.24) is 5.32 Å². The Kier molecular flexibility index (Phi) is 5.31. The van der Waals surface area contributed by atoms with Crippen molar-refractivity contribution in [1.29, 1.82) is 0 Å². The van der Waals surface area contributed by atoms with Crippen LogP contribution in [0.1, 0.15) is 16.7 Å². The molecule has 2 aromatic carbocycles. The molecule has 2 aromatic rings. The number of thioether (sulfide) groups is 1. The van der Waals surface area contributed by atoms with Crippen molar-refractivity contribution >= 4 is 11.8 Å². The van der Waals surface area contributed by atoms with Gasteiger partial charge in [0.05, 0.1) is 0 Å². The van der Waals surface area contributed by atoms with Crippen LogP contribution in [0.3, 0.4) is 0 Å². The molecule has 0 saturated carbocycles. The summed E-state index contributed by atoms with van der Waals surface area (Å²) in [7, 11) is 0. The monoisotopic (exact) mass is 311 g/mol. The van der Waals surface area contributed by atoms with Crippen molar-refractivity contribution < 1.29 is 13.2 Å². The number of halogens is 3. The summed E-state index contributed by atoms with van der Waals surface area (Å²) < 4.78 is 36.6. The zero-order chi connectivity index (χ0) is 15.3. The average Bonchev–Trinajstić information content (AvgIpc) is 2.41. The van der Waals surface area contributed by atoms with Crippen LogP contribution < -0.4 is 5.32 Å². The molecular formula is C16H16F3NS. The molecule has 2 rings (SSSR count). The van der Waals surface area contributed by atoms with E-state index in [1.807, 2.05) is 6.92 Å². The Labute approximate surface area is 126 Å². The first kappa shape index (κ1) is 15.9. The fourth-order valence-electron chi connectivity index (χ4n) is 1.87. The zero-order valence-electron chi connectivity index (χ0n) is 11.6. The van der Waals surface area contributed by atoms with Crippen LogP contribution in [0, 0.1) is 6.92 Å². The van der Waals surface area contributed by atoms with Crippen LogP contribution in [0.5, 0.6) is 0 Å². The summed E-state index contributed by atoms with van der Waals surface area (Å²) in [4.78, 5) is 0.213. The molecule has 0 aliphatic heterocycles. The van der Waals surface area contributed by atoms with Crippen molar-refractivity contribution in [2.24, 2.45) is 0 Å². The third-order valence-electron chi connectivity index (χ3n) is 2.94. The molecule has 5 heteroatoms. The Morgan fingerprint density at radius 1 is 0.857 bits per heavy atom. The van der Waals surface area contributed by atoms with Crippen molar-refractivity contribution in [3.63, 3.8) is 0 Å². The fourth-order valence-corrected chi connectivity index (χ4v) is 2.41. The van der Waals surface area contributed by atoms with Gasteiger partial charge in [0.15, 0.2) is 0 Å². The van der Waals surface area contributed by atoms with Gasteiger partial charge < -0.3 is 5.32 Å². The largest absolute Gasteiger partial charge is 0.446 e. The van der Waals surface area contributed by atoms with Gasteiger partial charge >= 0.3 is 5.51 Å². The minimum atomic E-state index is -4.23. The van der Waals surface area contributed by atoms with E-state index >= 15 is 0 Å². The normalized spacial score (nSPS) is 11.6. The molecule has 0 atom stereocenters. The fraction of sp³-hybridized carbons (Fsp3) is 0.250. The Hall–Kier alpha value is -1.46. The molecule has 0 unspecified atom stereocenters. The second-order valence-corrected chi connectivity index (χ2v) is 5.92. The van der Waals surface area contributed by atoms with E-state index < -0.39 is 5.51 Å². The van der Waals surface area contributed by atoms with E-state index in [4.69, 9.17) is 0 Å². The lowest BCUT2D eigenvalue weighted by molar-refractivity contribution is -0.0328. The SMILES string of the molecule is Cc1ccc(CNCc2ccc(SC(F)(F)F)cc2)cc1. The first-order chi connectivity index (χ1) is 9.92. The maximum atomic E-state index is 12.2. The van der Waals surface area contributed by atoms with E-state index in [0.29, 0.717) is 6.54 Å². The Bertz CT molecular complexity index is 562. The van der Waals surface area contributed by atoms with E-state index in [1.54, 1.807) is 12.1 Å². The third-order valence-corrected chi connectivity index (χ3v) is 3.68. The second kappa shape index (κ2) is 7.00. The van der Waals surface area contributed by atoms with Crippen LogP contribution in [0.25, 0.3) is 0 Å². The highest BCUT2D eigenvalue weighted by atomic mass is 32.2. The third kappa shape index (κ3) is 5.81. The van der Waals surface area contributed by atoms with Crippen LogP contribution in [-0.4, -0.2) is 5.51 Å². The number of nitrogens with one attached hydrogen (secondary N) is 1. The van der Waals surface area contributed by atoms with Crippen molar-refractivity contribution in [3.05, 3.63) is 65.2 Å². The van der Waals surface area contributed by atoms with Crippen molar-refractivity contribution in [2.75, 3.05) is 0 Å². The van der Waals surface area contributed by atoms with Gasteiger partial charge in [0.1, 0.15) is 0 Å². The van der Waals surface area contributed by atoms with Gasteiger partial charge in [-0.2, -0.15) is 13.2 Å². The molecule has 0 fully saturated rings. The summed E-state index contributed by atoms with van der Waals surface area (Å²) >= 11 is -0.0889. The average molecular weight is 311 g/mol. The summed E-state index contributed by atoms with van der Waals surface area (Å²) in [6, 6.07) is 14.7. The molecule has 1 N–H and O–H groups in total. The van der Waals surface area contributed by atoms with E-state index in [0.717, 1.165) is 12.1 Å². The number of hydrogen-bond acceptors (Lipinski definition) is 2. The first-order valence-electron chi connectivity index (χ1n) is 6.53. The lowest BCUT2D eigenvalue weighted by Gasteiger charge is -2.08. The first-order valence-corrected chi connectivity index (χ1v) is 7.35. The number of alkyl halides is 3. The Balaban J connectivity index is 1.82. The van der Waals surface area contributed by atoms with E-state index in [-0.39, 0.29) is 16.7 Å². The molecule has 0 heterocycles. The van der Waals surface area contributed by atoms with Gasteiger partial charge in [-0.1, -0.05) is 42.0 Å². The number of benzene rings is 2. The predicted molar refractivity (Wildman–Crippen MR) is 80.1 cm³/mol. The van der Waals surface area contributed by atoms with Gasteiger partial charge in [-0.25, -0.2) is 0 Å². The summed E-state index contributed by atoms with van der Waals surface area (Å²) in [5, 5.41) is 3.28. The van der Waals surface area contributed by atoms with Gasteiger partial charge in [0.2, 0.25) is 0 Å². The molecule has 0 spiro atoms. The van der Waals surface area contributed by atoms with Crippen LogP contribution in [0.4, 0.5) is 13.2 Å². The summed E-state index contributed by atoms with van der Waals surface area (Å²) in [6.45, 7) is 3.40. The molecule has 21 heavy (non-hydrogen) atoms. The molecule has 112 valence electrons. The Morgan fingerprint density at radius 3 is 1.81 bits per heavy atom. The highest BCUT2D eigenvalue weighted by Crippen LogP contribution is 2.36. The molecule has 1 nitrogen and oxygen atoms in total. The maximum Gasteiger partial charge on any atom is 0.446 e. The molecule has 0 aliphatic rings. The van der Waals surface area contributed by atoms with Crippen LogP contribution in [-0.2, 0) is 13.1 Å². The van der Waals surface area contributed by atoms with Crippen LogP contribution in [0.2, 0.25) is 0 Å². The molecular weight excluding hydrogens is 295 g/mol. The summed E-state index contributed by atoms with van der Waals surface area (Å²) in [5.41, 5.74) is -0.861. The molecule has 0 aromatic heterocycles. The predicted octanol–water partition coefficient (Wildman–Crippen LogP) is 4.90. The summed E-state index contributed by atoms with van der Waals surface area (Å²) in [6.07, 6.45) is 0. The zero-order valence-corrected chi connectivity index (χ0v) is 12.4. The quantitative estimate of drug-likeness (QED) is 0.789. The van der Waals surface area contributed by atoms with Crippen LogP contribution in [0.15, 0.2) is 53.4 Å². The molecule has 0 saturated heterocycles.